The van der Waals surface area contributed by atoms with Gasteiger partial charge in [0.25, 0.3) is 0 Å². The molecule has 0 unspecified atom stereocenters. The first kappa shape index (κ1) is 8.67. The molecule has 0 saturated heterocycles. The molecule has 0 aliphatic heterocycles. The molecule has 1 rings (SSSR count). The van der Waals surface area contributed by atoms with Gasteiger partial charge in [0.15, 0.2) is 12.0 Å². The summed E-state index contributed by atoms with van der Waals surface area (Å²) in [7, 11) is 0. The minimum absolute atomic E-state index is 0.0351. The van der Waals surface area contributed by atoms with E-state index in [4.69, 9.17) is 16.7 Å². The minimum Gasteiger partial charge on any atom is -0.476 e. The second-order valence-electron chi connectivity index (χ2n) is 2.02. The van der Waals surface area contributed by atoms with E-state index < -0.39 is 5.97 Å². The van der Waals surface area contributed by atoms with Crippen molar-refractivity contribution in [1.82, 2.24) is 4.98 Å². The number of pyridine rings is 1. The topological polar surface area (TPSA) is 67.3 Å². The summed E-state index contributed by atoms with van der Waals surface area (Å²) >= 11 is 5.50. The number of nitrogens with zero attached hydrogens (tertiary/aromatic N) is 1. The van der Waals surface area contributed by atoms with Gasteiger partial charge in [-0.15, -0.1) is 0 Å². The number of rotatable bonds is 2. The van der Waals surface area contributed by atoms with Crippen molar-refractivity contribution in [3.63, 3.8) is 0 Å². The van der Waals surface area contributed by atoms with Crippen LogP contribution in [0.4, 0.5) is 0 Å². The van der Waals surface area contributed by atoms with Crippen molar-refractivity contribution < 1.29 is 14.7 Å². The second kappa shape index (κ2) is 3.32. The lowest BCUT2D eigenvalue weighted by molar-refractivity contribution is 0.0690. The summed E-state index contributed by atoms with van der Waals surface area (Å²) in [5.74, 6) is -1.21. The highest BCUT2D eigenvalue weighted by molar-refractivity contribution is 6.33. The largest absolute Gasteiger partial charge is 0.476 e. The Bertz CT molecular complexity index is 337. The van der Waals surface area contributed by atoms with Crippen LogP contribution in [-0.2, 0) is 0 Å². The van der Waals surface area contributed by atoms with Gasteiger partial charge in [-0.2, -0.15) is 0 Å². The molecule has 5 heteroatoms. The lowest BCUT2D eigenvalue weighted by atomic mass is 10.3. The molecule has 1 heterocycles. The van der Waals surface area contributed by atoms with Crippen LogP contribution in [0.1, 0.15) is 20.8 Å². The van der Waals surface area contributed by atoms with Gasteiger partial charge in [-0.3, -0.25) is 4.79 Å². The highest BCUT2D eigenvalue weighted by Crippen LogP contribution is 2.13. The van der Waals surface area contributed by atoms with Crippen molar-refractivity contribution in [2.45, 2.75) is 0 Å². The van der Waals surface area contributed by atoms with E-state index in [1.54, 1.807) is 0 Å². The summed E-state index contributed by atoms with van der Waals surface area (Å²) in [5.41, 5.74) is 0.00673. The number of carbonyl (C=O) groups excluding carboxylic acids is 1. The number of aromatic nitrogens is 1. The minimum atomic E-state index is -1.21. The Labute approximate surface area is 72.8 Å². The van der Waals surface area contributed by atoms with E-state index in [2.05, 4.69) is 4.98 Å². The summed E-state index contributed by atoms with van der Waals surface area (Å²) in [4.78, 5) is 24.1. The lowest BCUT2D eigenvalue weighted by Crippen LogP contribution is -2.01. The van der Waals surface area contributed by atoms with Crippen LogP contribution in [0.5, 0.6) is 0 Å². The Kier molecular flexibility index (Phi) is 2.40. The number of aromatic carboxylic acids is 1. The second-order valence-corrected chi connectivity index (χ2v) is 2.43. The van der Waals surface area contributed by atoms with Gasteiger partial charge in [0.2, 0.25) is 0 Å². The maximum absolute atomic E-state index is 10.4. The summed E-state index contributed by atoms with van der Waals surface area (Å²) in [5, 5.41) is 8.46. The Morgan fingerprint density at radius 2 is 2.33 bits per heavy atom. The van der Waals surface area contributed by atoms with Gasteiger partial charge in [-0.25, -0.2) is 9.78 Å². The molecule has 12 heavy (non-hydrogen) atoms. The number of carbonyl (C=O) groups is 2. The van der Waals surface area contributed by atoms with E-state index in [1.165, 1.54) is 6.07 Å². The summed E-state index contributed by atoms with van der Waals surface area (Å²) < 4.78 is 0. The molecule has 0 spiro atoms. The zero-order valence-electron chi connectivity index (χ0n) is 5.82. The lowest BCUT2D eigenvalue weighted by Gasteiger charge is -1.96. The van der Waals surface area contributed by atoms with Crippen LogP contribution in [0.25, 0.3) is 0 Å². The number of hydrogen-bond donors (Lipinski definition) is 1. The van der Waals surface area contributed by atoms with E-state index in [0.29, 0.717) is 6.29 Å². The Morgan fingerprint density at radius 3 is 2.75 bits per heavy atom. The Balaban J connectivity index is 3.20. The molecule has 0 atom stereocenters. The number of carboxylic acids is 1. The average Bonchev–Trinajstić information content (AvgIpc) is 2.03. The number of halogens is 1. The van der Waals surface area contributed by atoms with Gasteiger partial charge < -0.3 is 5.11 Å². The molecule has 0 radical (unpaired) electrons. The highest BCUT2D eigenvalue weighted by Gasteiger charge is 2.09. The fourth-order valence-corrected chi connectivity index (χ4v) is 0.930. The van der Waals surface area contributed by atoms with E-state index in [9.17, 15) is 9.59 Å². The number of carboxylic acid groups (broad SMARTS) is 1. The molecule has 1 N–H and O–H groups in total. The van der Waals surface area contributed by atoms with E-state index in [1.807, 2.05) is 0 Å². The number of aldehydes is 1. The third-order valence-electron chi connectivity index (χ3n) is 1.20. The van der Waals surface area contributed by atoms with Crippen molar-refractivity contribution in [2.75, 3.05) is 0 Å². The van der Waals surface area contributed by atoms with Crippen LogP contribution in [0.2, 0.25) is 5.02 Å². The molecule has 0 amide bonds. The molecule has 0 fully saturated rings. The summed E-state index contributed by atoms with van der Waals surface area (Å²) in [6.07, 6.45) is 1.70. The molecule has 0 aliphatic carbocycles. The van der Waals surface area contributed by atoms with Crippen molar-refractivity contribution in [3.05, 3.63) is 28.5 Å². The molecular weight excluding hydrogens is 182 g/mol. The van der Waals surface area contributed by atoms with Crippen LogP contribution in [0, 0.1) is 0 Å². The van der Waals surface area contributed by atoms with Crippen LogP contribution in [0.3, 0.4) is 0 Å². The van der Waals surface area contributed by atoms with Gasteiger partial charge in [0.05, 0.1) is 5.02 Å². The first-order valence-electron chi connectivity index (χ1n) is 2.99. The predicted octanol–water partition coefficient (Wildman–Crippen LogP) is 1.25. The zero-order valence-corrected chi connectivity index (χ0v) is 6.58. The van der Waals surface area contributed by atoms with Gasteiger partial charge in [0, 0.05) is 11.8 Å². The van der Waals surface area contributed by atoms with Crippen LogP contribution in [0.15, 0.2) is 12.3 Å². The van der Waals surface area contributed by atoms with Gasteiger partial charge in [-0.05, 0) is 6.07 Å². The average molecular weight is 186 g/mol. The summed E-state index contributed by atoms with van der Waals surface area (Å²) in [6, 6.07) is 1.25. The fourth-order valence-electron chi connectivity index (χ4n) is 0.675. The maximum atomic E-state index is 10.4. The van der Waals surface area contributed by atoms with Crippen LogP contribution >= 0.6 is 11.6 Å². The van der Waals surface area contributed by atoms with E-state index in [-0.39, 0.29) is 16.3 Å². The van der Waals surface area contributed by atoms with Crippen molar-refractivity contribution in [3.8, 4) is 0 Å². The maximum Gasteiger partial charge on any atom is 0.356 e. The molecule has 0 aromatic carbocycles. The Hall–Kier alpha value is -1.42. The van der Waals surface area contributed by atoms with Crippen molar-refractivity contribution in [2.24, 2.45) is 0 Å². The molecular formula is C7H4ClNO3. The highest BCUT2D eigenvalue weighted by atomic mass is 35.5. The third-order valence-corrected chi connectivity index (χ3v) is 1.49. The van der Waals surface area contributed by atoms with Gasteiger partial charge in [0.1, 0.15) is 0 Å². The first-order chi connectivity index (χ1) is 5.65. The van der Waals surface area contributed by atoms with E-state index >= 15 is 0 Å². The van der Waals surface area contributed by atoms with Crippen molar-refractivity contribution >= 4 is 23.9 Å². The summed E-state index contributed by atoms with van der Waals surface area (Å²) in [6.45, 7) is 0. The van der Waals surface area contributed by atoms with Crippen molar-refractivity contribution in [1.29, 1.82) is 0 Å². The standard InChI is InChI=1S/C7H4ClNO3/c8-5-1-4(3-10)2-9-6(5)7(11)12/h1-3H,(H,11,12). The predicted molar refractivity (Wildman–Crippen MR) is 41.6 cm³/mol. The molecule has 1 aromatic heterocycles. The Morgan fingerprint density at radius 1 is 1.67 bits per heavy atom. The van der Waals surface area contributed by atoms with Gasteiger partial charge >= 0.3 is 5.97 Å². The molecule has 4 nitrogen and oxygen atoms in total. The fraction of sp³-hybridized carbons (Fsp3) is 0. The number of hydrogen-bond acceptors (Lipinski definition) is 3. The molecule has 1 aromatic rings. The zero-order chi connectivity index (χ0) is 9.14. The van der Waals surface area contributed by atoms with Crippen LogP contribution in [-0.4, -0.2) is 22.3 Å². The van der Waals surface area contributed by atoms with Gasteiger partial charge in [-0.1, -0.05) is 11.6 Å². The monoisotopic (exact) mass is 185 g/mol. The SMILES string of the molecule is O=Cc1cnc(C(=O)O)c(Cl)c1. The third kappa shape index (κ3) is 1.60. The molecule has 0 bridgehead atoms. The van der Waals surface area contributed by atoms with Crippen LogP contribution < -0.4 is 0 Å². The normalized spacial score (nSPS) is 9.42. The smallest absolute Gasteiger partial charge is 0.356 e. The molecule has 62 valence electrons. The van der Waals surface area contributed by atoms with E-state index in [0.717, 1.165) is 6.20 Å². The molecule has 0 aliphatic rings. The quantitative estimate of drug-likeness (QED) is 0.704. The molecule has 0 saturated carbocycles. The first-order valence-corrected chi connectivity index (χ1v) is 3.37.